The molecule has 0 radical (unpaired) electrons. The summed E-state index contributed by atoms with van der Waals surface area (Å²) in [6, 6.07) is 2.00. The predicted octanol–water partition coefficient (Wildman–Crippen LogP) is 2.67. The lowest BCUT2D eigenvalue weighted by Crippen LogP contribution is -2.24. The number of nitrogens with zero attached hydrogens (tertiary/aromatic N) is 2. The zero-order valence-corrected chi connectivity index (χ0v) is 12.7. The SMILES string of the molecule is CCn1cc([C@H]2OCC[C@@H]2CNCc2occc2C)cn1. The van der Waals surface area contributed by atoms with Crippen LogP contribution in [0.1, 0.15) is 36.3 Å². The standard InChI is InChI=1S/C16H23N3O2/c1-3-19-11-14(9-18-19)16-13(5-7-21-16)8-17-10-15-12(2)4-6-20-15/h4,6,9,11,13,16-17H,3,5,7-8,10H2,1-2H3/t13-,16+/m1/s1. The fraction of sp³-hybridized carbons (Fsp3) is 0.562. The topological polar surface area (TPSA) is 52.2 Å². The maximum Gasteiger partial charge on any atom is 0.120 e. The Morgan fingerprint density at radius 1 is 1.48 bits per heavy atom. The smallest absolute Gasteiger partial charge is 0.120 e. The zero-order chi connectivity index (χ0) is 14.7. The molecular weight excluding hydrogens is 266 g/mol. The van der Waals surface area contributed by atoms with Gasteiger partial charge in [0, 0.05) is 37.4 Å². The van der Waals surface area contributed by atoms with Gasteiger partial charge < -0.3 is 14.5 Å². The average Bonchev–Trinajstić information content (AvgIpc) is 3.20. The normalized spacial score (nSPS) is 22.0. The van der Waals surface area contributed by atoms with Crippen LogP contribution in [0, 0.1) is 12.8 Å². The van der Waals surface area contributed by atoms with Crippen LogP contribution in [0.4, 0.5) is 0 Å². The van der Waals surface area contributed by atoms with Crippen molar-refractivity contribution < 1.29 is 9.15 Å². The maximum absolute atomic E-state index is 5.90. The van der Waals surface area contributed by atoms with Gasteiger partial charge in [-0.2, -0.15) is 5.10 Å². The average molecular weight is 289 g/mol. The van der Waals surface area contributed by atoms with Crippen LogP contribution in [0.25, 0.3) is 0 Å². The summed E-state index contributed by atoms with van der Waals surface area (Å²) < 4.78 is 13.3. The molecule has 1 saturated heterocycles. The van der Waals surface area contributed by atoms with E-state index in [1.54, 1.807) is 6.26 Å². The highest BCUT2D eigenvalue weighted by Gasteiger charge is 2.30. The second-order valence-electron chi connectivity index (χ2n) is 5.63. The fourth-order valence-corrected chi connectivity index (χ4v) is 2.87. The number of ether oxygens (including phenoxy) is 1. The Morgan fingerprint density at radius 3 is 3.10 bits per heavy atom. The van der Waals surface area contributed by atoms with E-state index in [0.29, 0.717) is 5.92 Å². The van der Waals surface area contributed by atoms with Crippen molar-refractivity contribution in [2.45, 2.75) is 39.5 Å². The van der Waals surface area contributed by atoms with Gasteiger partial charge in [0.15, 0.2) is 0 Å². The summed E-state index contributed by atoms with van der Waals surface area (Å²) in [6.07, 6.45) is 7.03. The Kier molecular flexibility index (Phi) is 4.41. The van der Waals surface area contributed by atoms with E-state index in [1.165, 1.54) is 11.1 Å². The lowest BCUT2D eigenvalue weighted by Gasteiger charge is -2.17. The second kappa shape index (κ2) is 6.45. The first-order valence-corrected chi connectivity index (χ1v) is 7.65. The molecule has 2 atom stereocenters. The van der Waals surface area contributed by atoms with Crippen LogP contribution in [0.5, 0.6) is 0 Å². The zero-order valence-electron chi connectivity index (χ0n) is 12.7. The Labute approximate surface area is 125 Å². The molecule has 1 aliphatic rings. The van der Waals surface area contributed by atoms with Crippen molar-refractivity contribution in [2.24, 2.45) is 5.92 Å². The molecule has 0 aliphatic carbocycles. The predicted molar refractivity (Wildman–Crippen MR) is 79.9 cm³/mol. The first-order valence-electron chi connectivity index (χ1n) is 7.65. The van der Waals surface area contributed by atoms with Crippen molar-refractivity contribution in [1.29, 1.82) is 0 Å². The lowest BCUT2D eigenvalue weighted by molar-refractivity contribution is 0.0902. The quantitative estimate of drug-likeness (QED) is 0.888. The maximum atomic E-state index is 5.90. The number of aryl methyl sites for hydroxylation is 2. The molecule has 5 nitrogen and oxygen atoms in total. The molecule has 2 aromatic heterocycles. The molecule has 5 heteroatoms. The van der Waals surface area contributed by atoms with Gasteiger partial charge in [0.05, 0.1) is 25.1 Å². The molecule has 0 amide bonds. The Bertz CT molecular complexity index is 576. The van der Waals surface area contributed by atoms with Crippen molar-refractivity contribution in [3.63, 3.8) is 0 Å². The number of hydrogen-bond acceptors (Lipinski definition) is 4. The molecule has 2 aromatic rings. The van der Waals surface area contributed by atoms with Crippen molar-refractivity contribution in [3.05, 3.63) is 41.6 Å². The van der Waals surface area contributed by atoms with E-state index >= 15 is 0 Å². The minimum atomic E-state index is 0.162. The largest absolute Gasteiger partial charge is 0.468 e. The highest BCUT2D eigenvalue weighted by Crippen LogP contribution is 2.33. The lowest BCUT2D eigenvalue weighted by atomic mass is 9.97. The monoisotopic (exact) mass is 289 g/mol. The Balaban J connectivity index is 1.55. The third-order valence-corrected chi connectivity index (χ3v) is 4.18. The minimum absolute atomic E-state index is 0.162. The van der Waals surface area contributed by atoms with Crippen LogP contribution >= 0.6 is 0 Å². The van der Waals surface area contributed by atoms with Crippen LogP contribution in [-0.4, -0.2) is 22.9 Å². The molecular formula is C16H23N3O2. The van der Waals surface area contributed by atoms with Gasteiger partial charge in [-0.05, 0) is 31.9 Å². The number of rotatable bonds is 6. The summed E-state index contributed by atoms with van der Waals surface area (Å²) in [5, 5.41) is 7.84. The number of nitrogens with one attached hydrogen (secondary N) is 1. The first-order chi connectivity index (χ1) is 10.3. The van der Waals surface area contributed by atoms with Crippen LogP contribution in [-0.2, 0) is 17.8 Å². The van der Waals surface area contributed by atoms with Crippen LogP contribution in [0.15, 0.2) is 29.1 Å². The molecule has 1 N–H and O–H groups in total. The highest BCUT2D eigenvalue weighted by molar-refractivity contribution is 5.14. The molecule has 0 saturated carbocycles. The molecule has 3 rings (SSSR count). The van der Waals surface area contributed by atoms with E-state index in [0.717, 1.165) is 38.4 Å². The van der Waals surface area contributed by atoms with Gasteiger partial charge in [0.1, 0.15) is 5.76 Å². The van der Waals surface area contributed by atoms with Gasteiger partial charge in [0.25, 0.3) is 0 Å². The number of aromatic nitrogens is 2. The second-order valence-corrected chi connectivity index (χ2v) is 5.63. The Hall–Kier alpha value is -1.59. The van der Waals surface area contributed by atoms with Gasteiger partial charge in [-0.25, -0.2) is 0 Å². The van der Waals surface area contributed by atoms with E-state index in [4.69, 9.17) is 9.15 Å². The van der Waals surface area contributed by atoms with Crippen molar-refractivity contribution in [2.75, 3.05) is 13.2 Å². The fourth-order valence-electron chi connectivity index (χ4n) is 2.87. The molecule has 0 bridgehead atoms. The summed E-state index contributed by atoms with van der Waals surface area (Å²) in [7, 11) is 0. The molecule has 21 heavy (non-hydrogen) atoms. The number of hydrogen-bond donors (Lipinski definition) is 1. The number of furan rings is 1. The third-order valence-electron chi connectivity index (χ3n) is 4.18. The first kappa shape index (κ1) is 14.4. The third kappa shape index (κ3) is 3.19. The van der Waals surface area contributed by atoms with Crippen molar-refractivity contribution in [1.82, 2.24) is 15.1 Å². The molecule has 1 fully saturated rings. The molecule has 0 spiro atoms. The molecule has 0 unspecified atom stereocenters. The van der Waals surface area contributed by atoms with Gasteiger partial charge in [-0.3, -0.25) is 4.68 Å². The molecule has 0 aromatic carbocycles. The van der Waals surface area contributed by atoms with Gasteiger partial charge >= 0.3 is 0 Å². The van der Waals surface area contributed by atoms with Crippen LogP contribution in [0.2, 0.25) is 0 Å². The summed E-state index contributed by atoms with van der Waals surface area (Å²) in [4.78, 5) is 0. The Morgan fingerprint density at radius 2 is 2.38 bits per heavy atom. The van der Waals surface area contributed by atoms with Gasteiger partial charge in [-0.1, -0.05) is 0 Å². The van der Waals surface area contributed by atoms with Crippen molar-refractivity contribution >= 4 is 0 Å². The summed E-state index contributed by atoms with van der Waals surface area (Å²) in [6.45, 7) is 7.60. The molecule has 114 valence electrons. The van der Waals surface area contributed by atoms with E-state index in [2.05, 4.69) is 30.5 Å². The van der Waals surface area contributed by atoms with Crippen LogP contribution in [0.3, 0.4) is 0 Å². The minimum Gasteiger partial charge on any atom is -0.468 e. The highest BCUT2D eigenvalue weighted by atomic mass is 16.5. The summed E-state index contributed by atoms with van der Waals surface area (Å²) >= 11 is 0. The molecule has 1 aliphatic heterocycles. The van der Waals surface area contributed by atoms with E-state index in [9.17, 15) is 0 Å². The molecule has 3 heterocycles. The summed E-state index contributed by atoms with van der Waals surface area (Å²) in [5.74, 6) is 1.51. The van der Waals surface area contributed by atoms with E-state index in [-0.39, 0.29) is 6.10 Å². The van der Waals surface area contributed by atoms with E-state index < -0.39 is 0 Å². The van der Waals surface area contributed by atoms with Gasteiger partial charge in [-0.15, -0.1) is 0 Å². The van der Waals surface area contributed by atoms with Gasteiger partial charge in [0.2, 0.25) is 0 Å². The van der Waals surface area contributed by atoms with Crippen LogP contribution < -0.4 is 5.32 Å². The van der Waals surface area contributed by atoms with Crippen molar-refractivity contribution in [3.8, 4) is 0 Å². The van der Waals surface area contributed by atoms with E-state index in [1.807, 2.05) is 16.9 Å². The summed E-state index contributed by atoms with van der Waals surface area (Å²) in [5.41, 5.74) is 2.39.